The van der Waals surface area contributed by atoms with E-state index in [1.54, 1.807) is 25.2 Å². The number of carbonyl (C=O) groups excluding carboxylic acids is 1. The first-order chi connectivity index (χ1) is 12.3. The second-order valence-electron chi connectivity index (χ2n) is 6.13. The molecule has 0 aromatic heterocycles. The number of benzene rings is 1. The van der Waals surface area contributed by atoms with Gasteiger partial charge in [-0.05, 0) is 17.7 Å². The summed E-state index contributed by atoms with van der Waals surface area (Å²) < 4.78 is 10.8. The van der Waals surface area contributed by atoms with E-state index in [2.05, 4.69) is 0 Å². The van der Waals surface area contributed by atoms with Crippen LogP contribution in [0.3, 0.4) is 0 Å². The molecule has 1 aliphatic heterocycles. The fourth-order valence-electron chi connectivity index (χ4n) is 2.90. The van der Waals surface area contributed by atoms with Gasteiger partial charge in [0.2, 0.25) is 5.91 Å². The SMILES string of the molecule is COCC(=O)N(C)C[C@H]1OCCN(C(=O)O)C[C@H]1c1ccc(Cl)c(Cl)c1. The number of likely N-dealkylation sites (N-methyl/N-ethyl adjacent to an activating group) is 1. The molecule has 1 N–H and O–H groups in total. The molecule has 0 spiro atoms. The highest BCUT2D eigenvalue weighted by molar-refractivity contribution is 6.42. The highest BCUT2D eigenvalue weighted by atomic mass is 35.5. The summed E-state index contributed by atoms with van der Waals surface area (Å²) in [4.78, 5) is 26.3. The predicted octanol–water partition coefficient (Wildman–Crippen LogP) is 2.56. The second kappa shape index (κ2) is 9.41. The fourth-order valence-corrected chi connectivity index (χ4v) is 3.21. The van der Waals surface area contributed by atoms with Gasteiger partial charge in [-0.3, -0.25) is 4.79 Å². The molecule has 2 amide bonds. The van der Waals surface area contributed by atoms with Gasteiger partial charge < -0.3 is 24.4 Å². The number of rotatable bonds is 5. The molecule has 7 nitrogen and oxygen atoms in total. The van der Waals surface area contributed by atoms with Crippen LogP contribution in [0, 0.1) is 0 Å². The van der Waals surface area contributed by atoms with E-state index in [1.807, 2.05) is 0 Å². The number of halogens is 2. The largest absolute Gasteiger partial charge is 0.465 e. The van der Waals surface area contributed by atoms with Crippen LogP contribution < -0.4 is 0 Å². The quantitative estimate of drug-likeness (QED) is 0.815. The first-order valence-corrected chi connectivity index (χ1v) is 8.86. The molecule has 1 saturated heterocycles. The van der Waals surface area contributed by atoms with E-state index in [9.17, 15) is 14.7 Å². The highest BCUT2D eigenvalue weighted by Gasteiger charge is 2.33. The van der Waals surface area contributed by atoms with Crippen LogP contribution >= 0.6 is 23.2 Å². The van der Waals surface area contributed by atoms with Gasteiger partial charge in [0.05, 0.1) is 22.8 Å². The lowest BCUT2D eigenvalue weighted by Crippen LogP contribution is -2.41. The van der Waals surface area contributed by atoms with Gasteiger partial charge in [-0.2, -0.15) is 0 Å². The van der Waals surface area contributed by atoms with Gasteiger partial charge in [-0.1, -0.05) is 29.3 Å². The highest BCUT2D eigenvalue weighted by Crippen LogP contribution is 2.31. The van der Waals surface area contributed by atoms with Gasteiger partial charge in [-0.15, -0.1) is 0 Å². The molecule has 0 bridgehead atoms. The van der Waals surface area contributed by atoms with E-state index in [4.69, 9.17) is 32.7 Å². The summed E-state index contributed by atoms with van der Waals surface area (Å²) in [6, 6.07) is 5.19. The summed E-state index contributed by atoms with van der Waals surface area (Å²) in [5.74, 6) is -0.468. The van der Waals surface area contributed by atoms with Crippen LogP contribution in [-0.4, -0.2) is 80.0 Å². The Morgan fingerprint density at radius 3 is 2.73 bits per heavy atom. The first-order valence-electron chi connectivity index (χ1n) is 8.10. The van der Waals surface area contributed by atoms with Gasteiger partial charge in [-0.25, -0.2) is 4.79 Å². The third kappa shape index (κ3) is 5.23. The van der Waals surface area contributed by atoms with Crippen molar-refractivity contribution in [1.82, 2.24) is 9.80 Å². The van der Waals surface area contributed by atoms with Crippen LogP contribution in [0.4, 0.5) is 4.79 Å². The Kier molecular flexibility index (Phi) is 7.52. The van der Waals surface area contributed by atoms with E-state index in [0.717, 1.165) is 5.56 Å². The maximum Gasteiger partial charge on any atom is 0.407 e. The Bertz CT molecular complexity index is 658. The number of hydrogen-bond donors (Lipinski definition) is 1. The van der Waals surface area contributed by atoms with Crippen molar-refractivity contribution < 1.29 is 24.2 Å². The second-order valence-corrected chi connectivity index (χ2v) is 6.94. The molecule has 1 heterocycles. The minimum absolute atomic E-state index is 0.0259. The molecular weight excluding hydrogens is 383 g/mol. The Labute approximate surface area is 162 Å². The van der Waals surface area contributed by atoms with E-state index in [-0.39, 0.29) is 44.2 Å². The minimum Gasteiger partial charge on any atom is -0.465 e. The fraction of sp³-hybridized carbons (Fsp3) is 0.529. The van der Waals surface area contributed by atoms with E-state index in [1.165, 1.54) is 16.9 Å². The lowest BCUT2D eigenvalue weighted by Gasteiger charge is -2.30. The third-order valence-corrected chi connectivity index (χ3v) is 5.09. The zero-order chi connectivity index (χ0) is 19.3. The maximum atomic E-state index is 12.0. The zero-order valence-electron chi connectivity index (χ0n) is 14.7. The molecule has 2 atom stereocenters. The monoisotopic (exact) mass is 404 g/mol. The topological polar surface area (TPSA) is 79.3 Å². The van der Waals surface area contributed by atoms with Crippen LogP contribution in [0.25, 0.3) is 0 Å². The lowest BCUT2D eigenvalue weighted by molar-refractivity contribution is -0.135. The standard InChI is InChI=1S/C17H22Cl2N2O5/c1-20(16(22)10-25-2)9-15-12(8-21(17(23)24)5-6-26-15)11-3-4-13(18)14(19)7-11/h3-4,7,12,15H,5-6,8-10H2,1-2H3,(H,23,24)/t12-,15+/m0/s1. The summed E-state index contributed by atoms with van der Waals surface area (Å²) in [6.45, 7) is 1.03. The van der Waals surface area contributed by atoms with Crippen LogP contribution in [0.5, 0.6) is 0 Å². The van der Waals surface area contributed by atoms with Gasteiger partial charge in [0.1, 0.15) is 6.61 Å². The van der Waals surface area contributed by atoms with E-state index < -0.39 is 6.09 Å². The molecule has 26 heavy (non-hydrogen) atoms. The molecule has 144 valence electrons. The van der Waals surface area contributed by atoms with Crippen LogP contribution in [0.2, 0.25) is 10.0 Å². The smallest absolute Gasteiger partial charge is 0.407 e. The van der Waals surface area contributed by atoms with Gasteiger partial charge in [0.25, 0.3) is 0 Å². The number of methoxy groups -OCH3 is 1. The van der Waals surface area contributed by atoms with Crippen LogP contribution in [-0.2, 0) is 14.3 Å². The van der Waals surface area contributed by atoms with Crippen molar-refractivity contribution in [2.75, 3.05) is 47.0 Å². The predicted molar refractivity (Wildman–Crippen MR) is 98.1 cm³/mol. The Morgan fingerprint density at radius 1 is 1.38 bits per heavy atom. The first kappa shape index (κ1) is 20.8. The van der Waals surface area contributed by atoms with Crippen molar-refractivity contribution in [3.05, 3.63) is 33.8 Å². The molecule has 2 rings (SSSR count). The minimum atomic E-state index is -1.01. The lowest BCUT2D eigenvalue weighted by atomic mass is 9.92. The summed E-state index contributed by atoms with van der Waals surface area (Å²) in [7, 11) is 3.12. The number of nitrogens with zero attached hydrogens (tertiary/aromatic N) is 2. The number of hydrogen-bond acceptors (Lipinski definition) is 4. The molecule has 0 aliphatic carbocycles. The molecule has 1 aliphatic rings. The van der Waals surface area contributed by atoms with Crippen LogP contribution in [0.1, 0.15) is 11.5 Å². The Hall–Kier alpha value is -1.54. The molecule has 1 aromatic rings. The molecule has 0 saturated carbocycles. The van der Waals surface area contributed by atoms with Crippen molar-refractivity contribution in [1.29, 1.82) is 0 Å². The van der Waals surface area contributed by atoms with Crippen molar-refractivity contribution in [3.8, 4) is 0 Å². The van der Waals surface area contributed by atoms with E-state index >= 15 is 0 Å². The number of ether oxygens (including phenoxy) is 2. The molecule has 0 unspecified atom stereocenters. The number of carboxylic acid groups (broad SMARTS) is 1. The Balaban J connectivity index is 2.28. The van der Waals surface area contributed by atoms with Crippen molar-refractivity contribution in [2.45, 2.75) is 12.0 Å². The van der Waals surface area contributed by atoms with Gasteiger partial charge in [0, 0.05) is 39.7 Å². The summed E-state index contributed by atoms with van der Waals surface area (Å²) in [5.41, 5.74) is 0.810. The number of carbonyl (C=O) groups is 2. The zero-order valence-corrected chi connectivity index (χ0v) is 16.2. The normalized spacial score (nSPS) is 20.5. The number of amides is 2. The van der Waals surface area contributed by atoms with Crippen molar-refractivity contribution in [2.24, 2.45) is 0 Å². The average molecular weight is 405 g/mol. The molecule has 1 aromatic carbocycles. The average Bonchev–Trinajstić information content (AvgIpc) is 2.80. The van der Waals surface area contributed by atoms with Crippen LogP contribution in [0.15, 0.2) is 18.2 Å². The van der Waals surface area contributed by atoms with E-state index in [0.29, 0.717) is 16.6 Å². The molecule has 1 fully saturated rings. The summed E-state index contributed by atoms with van der Waals surface area (Å²) >= 11 is 12.1. The molecule has 9 heteroatoms. The third-order valence-electron chi connectivity index (χ3n) is 4.35. The van der Waals surface area contributed by atoms with Crippen molar-refractivity contribution >= 4 is 35.2 Å². The molecule has 0 radical (unpaired) electrons. The van der Waals surface area contributed by atoms with Gasteiger partial charge >= 0.3 is 6.09 Å². The maximum absolute atomic E-state index is 12.0. The summed E-state index contributed by atoms with van der Waals surface area (Å²) in [5, 5.41) is 10.2. The van der Waals surface area contributed by atoms with Gasteiger partial charge in [0.15, 0.2) is 0 Å². The van der Waals surface area contributed by atoms with Crippen molar-refractivity contribution in [3.63, 3.8) is 0 Å². The Morgan fingerprint density at radius 2 is 2.12 bits per heavy atom. The molecular formula is C17H22Cl2N2O5. The summed E-state index contributed by atoms with van der Waals surface area (Å²) in [6.07, 6.45) is -1.40.